The third-order valence-electron chi connectivity index (χ3n) is 2.91. The molecule has 1 N–H and O–H groups in total. The van der Waals surface area contributed by atoms with Crippen LogP contribution in [0.2, 0.25) is 0 Å². The molecule has 5 heteroatoms. The molecule has 0 saturated carbocycles. The SMILES string of the molecule is CCNC(Cc1ccoc1)c1ccc(F)c(F)c1Br. The van der Waals surface area contributed by atoms with Gasteiger partial charge in [0.15, 0.2) is 11.6 Å². The summed E-state index contributed by atoms with van der Waals surface area (Å²) in [4.78, 5) is 0. The summed E-state index contributed by atoms with van der Waals surface area (Å²) in [7, 11) is 0. The Morgan fingerprint density at radius 2 is 2.11 bits per heavy atom. The van der Waals surface area contributed by atoms with E-state index in [1.807, 2.05) is 13.0 Å². The summed E-state index contributed by atoms with van der Waals surface area (Å²) < 4.78 is 31.9. The van der Waals surface area contributed by atoms with Crippen LogP contribution in [0.3, 0.4) is 0 Å². The van der Waals surface area contributed by atoms with Crippen LogP contribution in [0.15, 0.2) is 39.6 Å². The molecule has 2 nitrogen and oxygen atoms in total. The molecular formula is C14H14BrF2NO. The number of likely N-dealkylation sites (N-methyl/N-ethyl adjacent to an activating group) is 1. The van der Waals surface area contributed by atoms with Crippen molar-refractivity contribution in [1.82, 2.24) is 5.32 Å². The maximum atomic E-state index is 13.6. The molecule has 0 aliphatic heterocycles. The van der Waals surface area contributed by atoms with E-state index in [-0.39, 0.29) is 10.5 Å². The average Bonchev–Trinajstić information content (AvgIpc) is 2.89. The van der Waals surface area contributed by atoms with Crippen molar-refractivity contribution in [3.8, 4) is 0 Å². The molecule has 0 amide bonds. The zero-order chi connectivity index (χ0) is 13.8. The molecule has 102 valence electrons. The van der Waals surface area contributed by atoms with Gasteiger partial charge < -0.3 is 9.73 Å². The molecule has 1 aromatic heterocycles. The first-order valence-corrected chi connectivity index (χ1v) is 6.80. The number of benzene rings is 1. The van der Waals surface area contributed by atoms with E-state index in [2.05, 4.69) is 21.2 Å². The lowest BCUT2D eigenvalue weighted by molar-refractivity contribution is 0.490. The van der Waals surface area contributed by atoms with Crippen LogP contribution in [0.5, 0.6) is 0 Å². The van der Waals surface area contributed by atoms with Gasteiger partial charge in [-0.05, 0) is 52.2 Å². The highest BCUT2D eigenvalue weighted by Crippen LogP contribution is 2.29. The minimum atomic E-state index is -0.854. The van der Waals surface area contributed by atoms with Crippen molar-refractivity contribution >= 4 is 15.9 Å². The molecule has 1 heterocycles. The summed E-state index contributed by atoms with van der Waals surface area (Å²) in [6.07, 6.45) is 3.89. The summed E-state index contributed by atoms with van der Waals surface area (Å²) in [6, 6.07) is 4.50. The number of nitrogens with one attached hydrogen (secondary N) is 1. The Morgan fingerprint density at radius 1 is 1.32 bits per heavy atom. The highest BCUT2D eigenvalue weighted by Gasteiger charge is 2.19. The quantitative estimate of drug-likeness (QED) is 0.831. The lowest BCUT2D eigenvalue weighted by Crippen LogP contribution is -2.23. The van der Waals surface area contributed by atoms with Gasteiger partial charge in [-0.1, -0.05) is 13.0 Å². The summed E-state index contributed by atoms with van der Waals surface area (Å²) in [5.74, 6) is -1.71. The fraction of sp³-hybridized carbons (Fsp3) is 0.286. The zero-order valence-electron chi connectivity index (χ0n) is 10.4. The first-order chi connectivity index (χ1) is 9.13. The van der Waals surface area contributed by atoms with Gasteiger partial charge in [-0.2, -0.15) is 0 Å². The first-order valence-electron chi connectivity index (χ1n) is 6.01. The molecule has 19 heavy (non-hydrogen) atoms. The number of hydrogen-bond donors (Lipinski definition) is 1. The molecule has 0 aliphatic rings. The maximum Gasteiger partial charge on any atom is 0.173 e. The van der Waals surface area contributed by atoms with E-state index in [4.69, 9.17) is 4.42 Å². The molecule has 0 aliphatic carbocycles. The standard InChI is InChI=1S/C14H14BrF2NO/c1-2-18-12(7-9-5-6-19-8-9)10-3-4-11(16)14(17)13(10)15/h3-6,8,12,18H,2,7H2,1H3. The third-order valence-corrected chi connectivity index (χ3v) is 3.72. The van der Waals surface area contributed by atoms with Gasteiger partial charge in [0.05, 0.1) is 17.0 Å². The van der Waals surface area contributed by atoms with E-state index >= 15 is 0 Å². The van der Waals surface area contributed by atoms with Gasteiger partial charge in [0, 0.05) is 6.04 Å². The van der Waals surface area contributed by atoms with Gasteiger partial charge in [0.1, 0.15) is 0 Å². The van der Waals surface area contributed by atoms with Crippen LogP contribution in [0.25, 0.3) is 0 Å². The van der Waals surface area contributed by atoms with Crippen molar-refractivity contribution in [2.45, 2.75) is 19.4 Å². The summed E-state index contributed by atoms with van der Waals surface area (Å²) in [6.45, 7) is 2.70. The Labute approximate surface area is 118 Å². The second kappa shape index (κ2) is 6.30. The second-order valence-electron chi connectivity index (χ2n) is 4.21. The maximum absolute atomic E-state index is 13.6. The van der Waals surface area contributed by atoms with Crippen LogP contribution in [0.4, 0.5) is 8.78 Å². The molecule has 1 unspecified atom stereocenters. The summed E-state index contributed by atoms with van der Waals surface area (Å²) in [5.41, 5.74) is 1.70. The molecule has 0 saturated heterocycles. The number of rotatable bonds is 5. The normalized spacial score (nSPS) is 12.6. The van der Waals surface area contributed by atoms with Crippen LogP contribution >= 0.6 is 15.9 Å². The van der Waals surface area contributed by atoms with Crippen LogP contribution in [-0.4, -0.2) is 6.54 Å². The molecule has 0 spiro atoms. The zero-order valence-corrected chi connectivity index (χ0v) is 12.0. The minimum Gasteiger partial charge on any atom is -0.472 e. The smallest absolute Gasteiger partial charge is 0.173 e. The second-order valence-corrected chi connectivity index (χ2v) is 5.00. The van der Waals surface area contributed by atoms with Crippen LogP contribution < -0.4 is 5.32 Å². The summed E-state index contributed by atoms with van der Waals surface area (Å²) in [5, 5.41) is 3.26. The van der Waals surface area contributed by atoms with Crippen molar-refractivity contribution < 1.29 is 13.2 Å². The van der Waals surface area contributed by atoms with Gasteiger partial charge in [-0.25, -0.2) is 8.78 Å². The fourth-order valence-electron chi connectivity index (χ4n) is 1.99. The van der Waals surface area contributed by atoms with E-state index in [0.717, 1.165) is 18.2 Å². The van der Waals surface area contributed by atoms with E-state index in [0.29, 0.717) is 12.0 Å². The Hall–Kier alpha value is -1.20. The van der Waals surface area contributed by atoms with E-state index in [9.17, 15) is 8.78 Å². The van der Waals surface area contributed by atoms with Gasteiger partial charge in [0.2, 0.25) is 0 Å². The van der Waals surface area contributed by atoms with E-state index in [1.54, 1.807) is 18.6 Å². The highest BCUT2D eigenvalue weighted by molar-refractivity contribution is 9.10. The minimum absolute atomic E-state index is 0.105. The van der Waals surface area contributed by atoms with Gasteiger partial charge in [0.25, 0.3) is 0 Å². The molecular weight excluding hydrogens is 316 g/mol. The predicted molar refractivity (Wildman–Crippen MR) is 72.9 cm³/mol. The van der Waals surface area contributed by atoms with Crippen molar-refractivity contribution in [2.24, 2.45) is 0 Å². The topological polar surface area (TPSA) is 25.2 Å². The molecule has 1 atom stereocenters. The molecule has 2 aromatic rings. The van der Waals surface area contributed by atoms with Crippen molar-refractivity contribution in [2.75, 3.05) is 6.54 Å². The van der Waals surface area contributed by atoms with Crippen molar-refractivity contribution in [3.63, 3.8) is 0 Å². The van der Waals surface area contributed by atoms with Crippen LogP contribution in [-0.2, 0) is 6.42 Å². The largest absolute Gasteiger partial charge is 0.472 e. The highest BCUT2D eigenvalue weighted by atomic mass is 79.9. The molecule has 0 radical (unpaired) electrons. The lowest BCUT2D eigenvalue weighted by atomic mass is 10.00. The first kappa shape index (κ1) is 14.2. The van der Waals surface area contributed by atoms with Gasteiger partial charge >= 0.3 is 0 Å². The van der Waals surface area contributed by atoms with Gasteiger partial charge in [-0.3, -0.25) is 0 Å². The third kappa shape index (κ3) is 3.22. The number of furan rings is 1. The average molecular weight is 330 g/mol. The molecule has 0 bridgehead atoms. The summed E-state index contributed by atoms with van der Waals surface area (Å²) >= 11 is 3.13. The van der Waals surface area contributed by atoms with E-state index in [1.165, 1.54) is 0 Å². The predicted octanol–water partition coefficient (Wildman–Crippen LogP) is 4.21. The lowest BCUT2D eigenvalue weighted by Gasteiger charge is -2.19. The van der Waals surface area contributed by atoms with E-state index < -0.39 is 11.6 Å². The van der Waals surface area contributed by atoms with Crippen LogP contribution in [0, 0.1) is 11.6 Å². The Kier molecular flexibility index (Phi) is 4.71. The van der Waals surface area contributed by atoms with Crippen molar-refractivity contribution in [1.29, 1.82) is 0 Å². The Bertz CT molecular complexity index is 543. The molecule has 2 rings (SSSR count). The monoisotopic (exact) mass is 329 g/mol. The van der Waals surface area contributed by atoms with Crippen molar-refractivity contribution in [3.05, 3.63) is 58.0 Å². The Morgan fingerprint density at radius 3 is 2.74 bits per heavy atom. The van der Waals surface area contributed by atoms with Crippen LogP contribution in [0.1, 0.15) is 24.1 Å². The van der Waals surface area contributed by atoms with Gasteiger partial charge in [-0.15, -0.1) is 0 Å². The Balaban J connectivity index is 2.31. The molecule has 1 aromatic carbocycles. The molecule has 0 fully saturated rings. The number of halogens is 3. The number of hydrogen-bond acceptors (Lipinski definition) is 2. The fourth-order valence-corrected chi connectivity index (χ4v) is 2.59.